The van der Waals surface area contributed by atoms with E-state index in [4.69, 9.17) is 4.74 Å². The molecule has 2 unspecified atom stereocenters. The lowest BCUT2D eigenvalue weighted by molar-refractivity contribution is 0.106. The second kappa shape index (κ2) is 4.83. The normalized spacial score (nSPS) is 27.8. The van der Waals surface area contributed by atoms with Gasteiger partial charge in [-0.05, 0) is 12.3 Å². The van der Waals surface area contributed by atoms with Gasteiger partial charge in [0, 0.05) is 26.7 Å². The van der Waals surface area contributed by atoms with Crippen LogP contribution in [-0.2, 0) is 4.74 Å². The number of rotatable bonds is 4. The van der Waals surface area contributed by atoms with Crippen molar-refractivity contribution in [3.05, 3.63) is 0 Å². The van der Waals surface area contributed by atoms with Gasteiger partial charge in [0.25, 0.3) is 0 Å². The maximum atomic E-state index is 5.31. The summed E-state index contributed by atoms with van der Waals surface area (Å²) in [6, 6.07) is 0. The Labute approximate surface area is 75.9 Å². The molecule has 2 nitrogen and oxygen atoms in total. The van der Waals surface area contributed by atoms with Crippen LogP contribution in [-0.4, -0.2) is 37.7 Å². The van der Waals surface area contributed by atoms with Gasteiger partial charge in [0.05, 0.1) is 6.10 Å². The average Bonchev–Trinajstić information content (AvgIpc) is 2.52. The highest BCUT2D eigenvalue weighted by molar-refractivity contribution is 4.76. The molecule has 2 heteroatoms. The minimum atomic E-state index is 0.494. The molecule has 0 amide bonds. The molecule has 12 heavy (non-hydrogen) atoms. The Bertz CT molecular complexity index is 127. The standard InChI is InChI=1S/C10H21NO/c1-4-9(2)7-11-6-5-10(8-11)12-3/h9-10H,4-8H2,1-3H3. The quantitative estimate of drug-likeness (QED) is 0.639. The van der Waals surface area contributed by atoms with Crippen LogP contribution in [0, 0.1) is 5.92 Å². The first-order valence-electron chi connectivity index (χ1n) is 5.01. The summed E-state index contributed by atoms with van der Waals surface area (Å²) < 4.78 is 5.31. The zero-order valence-electron chi connectivity index (χ0n) is 8.55. The molecule has 0 aliphatic carbocycles. The van der Waals surface area contributed by atoms with Crippen molar-refractivity contribution >= 4 is 0 Å². The van der Waals surface area contributed by atoms with Crippen LogP contribution in [0.4, 0.5) is 0 Å². The molecular weight excluding hydrogens is 150 g/mol. The topological polar surface area (TPSA) is 12.5 Å². The number of ether oxygens (including phenoxy) is 1. The fourth-order valence-corrected chi connectivity index (χ4v) is 1.73. The van der Waals surface area contributed by atoms with Crippen molar-refractivity contribution in [2.45, 2.75) is 32.8 Å². The Balaban J connectivity index is 2.18. The molecule has 72 valence electrons. The second-order valence-corrected chi connectivity index (χ2v) is 3.92. The predicted octanol–water partition coefficient (Wildman–Crippen LogP) is 1.75. The fraction of sp³-hybridized carbons (Fsp3) is 1.00. The van der Waals surface area contributed by atoms with Crippen LogP contribution in [0.5, 0.6) is 0 Å². The van der Waals surface area contributed by atoms with Crippen molar-refractivity contribution in [2.75, 3.05) is 26.7 Å². The Morgan fingerprint density at radius 3 is 2.83 bits per heavy atom. The average molecular weight is 171 g/mol. The molecular formula is C10H21NO. The van der Waals surface area contributed by atoms with Gasteiger partial charge in [-0.2, -0.15) is 0 Å². The van der Waals surface area contributed by atoms with Gasteiger partial charge in [0.15, 0.2) is 0 Å². The monoisotopic (exact) mass is 171 g/mol. The molecule has 0 radical (unpaired) electrons. The van der Waals surface area contributed by atoms with Gasteiger partial charge in [0.1, 0.15) is 0 Å². The molecule has 1 aliphatic heterocycles. The van der Waals surface area contributed by atoms with Gasteiger partial charge >= 0.3 is 0 Å². The van der Waals surface area contributed by atoms with E-state index in [0.29, 0.717) is 6.10 Å². The van der Waals surface area contributed by atoms with E-state index in [2.05, 4.69) is 18.7 Å². The number of hydrogen-bond donors (Lipinski definition) is 0. The molecule has 1 heterocycles. The summed E-state index contributed by atoms with van der Waals surface area (Å²) in [7, 11) is 1.82. The number of nitrogens with zero attached hydrogens (tertiary/aromatic N) is 1. The molecule has 2 atom stereocenters. The molecule has 1 fully saturated rings. The van der Waals surface area contributed by atoms with E-state index in [1.807, 2.05) is 7.11 Å². The third-order valence-electron chi connectivity index (χ3n) is 2.83. The van der Waals surface area contributed by atoms with E-state index < -0.39 is 0 Å². The van der Waals surface area contributed by atoms with Crippen LogP contribution in [0.25, 0.3) is 0 Å². The molecule has 0 spiro atoms. The number of hydrogen-bond acceptors (Lipinski definition) is 2. The minimum absolute atomic E-state index is 0.494. The van der Waals surface area contributed by atoms with Crippen molar-refractivity contribution in [1.29, 1.82) is 0 Å². The number of methoxy groups -OCH3 is 1. The molecule has 0 aromatic rings. The first kappa shape index (κ1) is 10.0. The van der Waals surface area contributed by atoms with Gasteiger partial charge in [-0.15, -0.1) is 0 Å². The molecule has 0 aromatic heterocycles. The maximum Gasteiger partial charge on any atom is 0.0710 e. The molecule has 0 bridgehead atoms. The zero-order chi connectivity index (χ0) is 8.97. The third-order valence-corrected chi connectivity index (χ3v) is 2.83. The van der Waals surface area contributed by atoms with Crippen molar-refractivity contribution < 1.29 is 4.74 Å². The lowest BCUT2D eigenvalue weighted by atomic mass is 10.1. The summed E-state index contributed by atoms with van der Waals surface area (Å²) in [6.07, 6.45) is 3.00. The molecule has 1 saturated heterocycles. The van der Waals surface area contributed by atoms with E-state index in [1.54, 1.807) is 0 Å². The second-order valence-electron chi connectivity index (χ2n) is 3.92. The Morgan fingerprint density at radius 2 is 2.33 bits per heavy atom. The zero-order valence-corrected chi connectivity index (χ0v) is 8.55. The number of likely N-dealkylation sites (tertiary alicyclic amines) is 1. The van der Waals surface area contributed by atoms with E-state index in [-0.39, 0.29) is 0 Å². The van der Waals surface area contributed by atoms with E-state index in [0.717, 1.165) is 12.5 Å². The predicted molar refractivity (Wildman–Crippen MR) is 51.3 cm³/mol. The Hall–Kier alpha value is -0.0800. The summed E-state index contributed by atoms with van der Waals surface area (Å²) in [6.45, 7) is 8.19. The highest BCUT2D eigenvalue weighted by Crippen LogP contribution is 2.14. The van der Waals surface area contributed by atoms with Crippen molar-refractivity contribution in [1.82, 2.24) is 4.90 Å². The first-order chi connectivity index (χ1) is 5.76. The van der Waals surface area contributed by atoms with Gasteiger partial charge in [0.2, 0.25) is 0 Å². The lowest BCUT2D eigenvalue weighted by Crippen LogP contribution is -2.27. The molecule has 0 aromatic carbocycles. The SMILES string of the molecule is CCC(C)CN1CCC(OC)C1. The van der Waals surface area contributed by atoms with Crippen LogP contribution in [0.15, 0.2) is 0 Å². The highest BCUT2D eigenvalue weighted by atomic mass is 16.5. The van der Waals surface area contributed by atoms with Gasteiger partial charge in [-0.1, -0.05) is 20.3 Å². The molecule has 1 rings (SSSR count). The van der Waals surface area contributed by atoms with E-state index in [9.17, 15) is 0 Å². The molecule has 0 N–H and O–H groups in total. The van der Waals surface area contributed by atoms with Crippen LogP contribution in [0.1, 0.15) is 26.7 Å². The lowest BCUT2D eigenvalue weighted by Gasteiger charge is -2.19. The van der Waals surface area contributed by atoms with Gasteiger partial charge in [-0.25, -0.2) is 0 Å². The maximum absolute atomic E-state index is 5.31. The summed E-state index contributed by atoms with van der Waals surface area (Å²) in [5, 5.41) is 0. The highest BCUT2D eigenvalue weighted by Gasteiger charge is 2.22. The van der Waals surface area contributed by atoms with Crippen molar-refractivity contribution in [3.63, 3.8) is 0 Å². The first-order valence-corrected chi connectivity index (χ1v) is 5.01. The van der Waals surface area contributed by atoms with Crippen LogP contribution >= 0.6 is 0 Å². The van der Waals surface area contributed by atoms with Crippen LogP contribution in [0.2, 0.25) is 0 Å². The summed E-state index contributed by atoms with van der Waals surface area (Å²) in [5.41, 5.74) is 0. The van der Waals surface area contributed by atoms with Gasteiger partial charge in [-0.3, -0.25) is 0 Å². The minimum Gasteiger partial charge on any atom is -0.380 e. The summed E-state index contributed by atoms with van der Waals surface area (Å²) in [4.78, 5) is 2.52. The van der Waals surface area contributed by atoms with Crippen LogP contribution < -0.4 is 0 Å². The van der Waals surface area contributed by atoms with Crippen LogP contribution in [0.3, 0.4) is 0 Å². The third kappa shape index (κ3) is 2.76. The smallest absolute Gasteiger partial charge is 0.0710 e. The van der Waals surface area contributed by atoms with Crippen molar-refractivity contribution in [2.24, 2.45) is 5.92 Å². The van der Waals surface area contributed by atoms with Crippen molar-refractivity contribution in [3.8, 4) is 0 Å². The largest absolute Gasteiger partial charge is 0.380 e. The van der Waals surface area contributed by atoms with E-state index in [1.165, 1.54) is 25.9 Å². The summed E-state index contributed by atoms with van der Waals surface area (Å²) >= 11 is 0. The van der Waals surface area contributed by atoms with E-state index >= 15 is 0 Å². The molecule has 0 saturated carbocycles. The molecule has 1 aliphatic rings. The summed E-state index contributed by atoms with van der Waals surface area (Å²) in [5.74, 6) is 0.834. The Kier molecular flexibility index (Phi) is 4.02. The Morgan fingerprint density at radius 1 is 1.58 bits per heavy atom. The fourth-order valence-electron chi connectivity index (χ4n) is 1.73. The van der Waals surface area contributed by atoms with Gasteiger partial charge < -0.3 is 9.64 Å².